The van der Waals surface area contributed by atoms with Crippen LogP contribution >= 0.6 is 15.9 Å². The van der Waals surface area contributed by atoms with Crippen LogP contribution in [0.25, 0.3) is 0 Å². The van der Waals surface area contributed by atoms with Crippen LogP contribution in [0.5, 0.6) is 5.75 Å². The van der Waals surface area contributed by atoms with E-state index in [1.165, 1.54) is 6.07 Å². The van der Waals surface area contributed by atoms with Gasteiger partial charge in [-0.15, -0.1) is 0 Å². The van der Waals surface area contributed by atoms with Gasteiger partial charge in [0.1, 0.15) is 17.4 Å². The number of rotatable bonds is 5. The second-order valence-corrected chi connectivity index (χ2v) is 6.03. The topological polar surface area (TPSA) is 38.3 Å². The first-order chi connectivity index (χ1) is 10.9. The monoisotopic (exact) mass is 383 g/mol. The van der Waals surface area contributed by atoms with E-state index in [1.54, 1.807) is 38.1 Å². The van der Waals surface area contributed by atoms with Crippen LogP contribution in [0.15, 0.2) is 46.9 Å². The summed E-state index contributed by atoms with van der Waals surface area (Å²) >= 11 is 3.31. The molecule has 0 aliphatic rings. The Labute approximate surface area is 141 Å². The van der Waals surface area contributed by atoms with Gasteiger partial charge in [0.2, 0.25) is 0 Å². The van der Waals surface area contributed by atoms with Crippen LogP contribution in [-0.2, 0) is 4.79 Å². The van der Waals surface area contributed by atoms with E-state index in [0.717, 1.165) is 16.6 Å². The maximum absolute atomic E-state index is 13.7. The highest BCUT2D eigenvalue weighted by atomic mass is 79.9. The largest absolute Gasteiger partial charge is 0.481 e. The van der Waals surface area contributed by atoms with E-state index >= 15 is 0 Å². The Bertz CT molecular complexity index is 691. The molecule has 0 spiro atoms. The summed E-state index contributed by atoms with van der Waals surface area (Å²) in [7, 11) is 0. The van der Waals surface area contributed by atoms with Gasteiger partial charge in [0.05, 0.1) is 6.04 Å². The molecular weight excluding hydrogens is 368 g/mol. The Hall–Kier alpha value is -1.95. The van der Waals surface area contributed by atoms with E-state index in [4.69, 9.17) is 4.74 Å². The minimum Gasteiger partial charge on any atom is -0.481 e. The molecule has 1 N–H and O–H groups in total. The van der Waals surface area contributed by atoms with Gasteiger partial charge in [-0.05, 0) is 44.2 Å². The zero-order chi connectivity index (χ0) is 17.0. The summed E-state index contributed by atoms with van der Waals surface area (Å²) in [6.07, 6.45) is -0.748. The highest BCUT2D eigenvalue weighted by Crippen LogP contribution is 2.19. The van der Waals surface area contributed by atoms with Gasteiger partial charge < -0.3 is 10.1 Å². The fourth-order valence-electron chi connectivity index (χ4n) is 2.03. The Morgan fingerprint density at radius 2 is 1.78 bits per heavy atom. The lowest BCUT2D eigenvalue weighted by atomic mass is 10.1. The lowest BCUT2D eigenvalue weighted by Crippen LogP contribution is -2.38. The average molecular weight is 384 g/mol. The number of carbonyl (C=O) groups is 1. The van der Waals surface area contributed by atoms with Crippen molar-refractivity contribution in [1.29, 1.82) is 0 Å². The van der Waals surface area contributed by atoms with Crippen molar-refractivity contribution in [2.24, 2.45) is 0 Å². The number of hydrogen-bond donors (Lipinski definition) is 1. The molecule has 2 aromatic carbocycles. The van der Waals surface area contributed by atoms with E-state index in [-0.39, 0.29) is 11.5 Å². The summed E-state index contributed by atoms with van der Waals surface area (Å²) in [6.45, 7) is 3.23. The molecule has 0 heterocycles. The zero-order valence-electron chi connectivity index (χ0n) is 12.6. The molecule has 0 saturated heterocycles. The Morgan fingerprint density at radius 3 is 2.39 bits per heavy atom. The Kier molecular flexibility index (Phi) is 5.71. The third kappa shape index (κ3) is 4.76. The van der Waals surface area contributed by atoms with Crippen LogP contribution in [0.3, 0.4) is 0 Å². The van der Waals surface area contributed by atoms with Gasteiger partial charge in [0.15, 0.2) is 6.10 Å². The van der Waals surface area contributed by atoms with Crippen molar-refractivity contribution in [1.82, 2.24) is 5.32 Å². The molecule has 2 aromatic rings. The minimum atomic E-state index is -0.748. The van der Waals surface area contributed by atoms with Crippen molar-refractivity contribution in [3.8, 4) is 5.75 Å². The molecule has 2 unspecified atom stereocenters. The smallest absolute Gasteiger partial charge is 0.261 e. The molecule has 0 aliphatic heterocycles. The summed E-state index contributed by atoms with van der Waals surface area (Å²) in [5, 5.41) is 2.65. The fourth-order valence-corrected chi connectivity index (χ4v) is 2.30. The molecule has 122 valence electrons. The summed E-state index contributed by atoms with van der Waals surface area (Å²) in [5.41, 5.74) is 0.218. The zero-order valence-corrected chi connectivity index (χ0v) is 14.2. The molecule has 0 fully saturated rings. The molecule has 2 atom stereocenters. The standard InChI is InChI=1S/C17H16BrF2NO2/c1-10(15-8-5-13(19)9-16(15)20)21-17(22)11(2)23-14-6-3-12(18)4-7-14/h3-11H,1-2H3,(H,21,22). The summed E-state index contributed by atoms with van der Waals surface area (Å²) in [4.78, 5) is 12.1. The van der Waals surface area contributed by atoms with Crippen LogP contribution in [0, 0.1) is 11.6 Å². The second-order valence-electron chi connectivity index (χ2n) is 5.11. The lowest BCUT2D eigenvalue weighted by molar-refractivity contribution is -0.127. The number of nitrogens with one attached hydrogen (secondary N) is 1. The number of ether oxygens (including phenoxy) is 1. The molecule has 23 heavy (non-hydrogen) atoms. The molecule has 0 aromatic heterocycles. The minimum absolute atomic E-state index is 0.218. The summed E-state index contributed by atoms with van der Waals surface area (Å²) in [5.74, 6) is -1.18. The summed E-state index contributed by atoms with van der Waals surface area (Å²) < 4.78 is 33.1. The van der Waals surface area contributed by atoms with Crippen LogP contribution in [-0.4, -0.2) is 12.0 Å². The van der Waals surface area contributed by atoms with E-state index in [9.17, 15) is 13.6 Å². The van der Waals surface area contributed by atoms with Gasteiger partial charge in [0.25, 0.3) is 5.91 Å². The third-order valence-corrected chi connectivity index (χ3v) is 3.81. The first-order valence-electron chi connectivity index (χ1n) is 7.04. The normalized spacial score (nSPS) is 13.3. The van der Waals surface area contributed by atoms with E-state index < -0.39 is 23.8 Å². The van der Waals surface area contributed by atoms with Gasteiger partial charge in [-0.25, -0.2) is 8.78 Å². The number of amides is 1. The highest BCUT2D eigenvalue weighted by Gasteiger charge is 2.19. The van der Waals surface area contributed by atoms with Gasteiger partial charge >= 0.3 is 0 Å². The second kappa shape index (κ2) is 7.55. The van der Waals surface area contributed by atoms with Gasteiger partial charge in [-0.3, -0.25) is 4.79 Å². The predicted molar refractivity (Wildman–Crippen MR) is 87.1 cm³/mol. The summed E-state index contributed by atoms with van der Waals surface area (Å²) in [6, 6.07) is 9.73. The van der Waals surface area contributed by atoms with E-state index in [0.29, 0.717) is 5.75 Å². The van der Waals surface area contributed by atoms with Crippen LogP contribution in [0.1, 0.15) is 25.5 Å². The molecule has 2 rings (SSSR count). The number of benzene rings is 2. The number of halogens is 3. The maximum atomic E-state index is 13.7. The van der Waals surface area contributed by atoms with Crippen molar-refractivity contribution < 1.29 is 18.3 Å². The van der Waals surface area contributed by atoms with Crippen LogP contribution in [0.2, 0.25) is 0 Å². The SMILES string of the molecule is CC(Oc1ccc(Br)cc1)C(=O)NC(C)c1ccc(F)cc1F. The molecule has 0 radical (unpaired) electrons. The lowest BCUT2D eigenvalue weighted by Gasteiger charge is -2.19. The van der Waals surface area contributed by atoms with Crippen molar-refractivity contribution in [3.05, 3.63) is 64.1 Å². The van der Waals surface area contributed by atoms with Gasteiger partial charge in [-0.2, -0.15) is 0 Å². The molecule has 1 amide bonds. The van der Waals surface area contributed by atoms with E-state index in [1.807, 2.05) is 0 Å². The first kappa shape index (κ1) is 17.4. The number of carbonyl (C=O) groups excluding carboxylic acids is 1. The van der Waals surface area contributed by atoms with Crippen molar-refractivity contribution in [2.45, 2.75) is 26.0 Å². The van der Waals surface area contributed by atoms with Gasteiger partial charge in [0, 0.05) is 16.1 Å². The first-order valence-corrected chi connectivity index (χ1v) is 7.83. The Balaban J connectivity index is 1.98. The highest BCUT2D eigenvalue weighted by molar-refractivity contribution is 9.10. The number of hydrogen-bond acceptors (Lipinski definition) is 2. The Morgan fingerprint density at radius 1 is 1.13 bits per heavy atom. The third-order valence-electron chi connectivity index (χ3n) is 3.28. The molecule has 0 aliphatic carbocycles. The average Bonchev–Trinajstić information content (AvgIpc) is 2.49. The van der Waals surface area contributed by atoms with Crippen molar-refractivity contribution in [3.63, 3.8) is 0 Å². The van der Waals surface area contributed by atoms with Crippen molar-refractivity contribution in [2.75, 3.05) is 0 Å². The molecular formula is C17H16BrF2NO2. The molecule has 0 bridgehead atoms. The van der Waals surface area contributed by atoms with Crippen molar-refractivity contribution >= 4 is 21.8 Å². The van der Waals surface area contributed by atoms with Crippen LogP contribution in [0.4, 0.5) is 8.78 Å². The van der Waals surface area contributed by atoms with Gasteiger partial charge in [-0.1, -0.05) is 22.0 Å². The van der Waals surface area contributed by atoms with Crippen LogP contribution < -0.4 is 10.1 Å². The predicted octanol–water partition coefficient (Wildman–Crippen LogP) is 4.37. The quantitative estimate of drug-likeness (QED) is 0.832. The molecule has 0 saturated carbocycles. The fraction of sp³-hybridized carbons (Fsp3) is 0.235. The molecule has 6 heteroatoms. The van der Waals surface area contributed by atoms with E-state index in [2.05, 4.69) is 21.2 Å². The molecule has 3 nitrogen and oxygen atoms in total. The maximum Gasteiger partial charge on any atom is 0.261 e.